The Morgan fingerprint density at radius 2 is 2.24 bits per heavy atom. The number of carbonyl (C=O) groups is 1. The molecule has 0 aliphatic carbocycles. The standard InChI is InChI=1S/C21H25BrN6O4S/c1-5-7-32-20(31)13(8-23)19-28(6-2)18(30)16(33-19)10-25-21-24-9-14(22)17(27-21)26-15(11-29)12(3)4/h5,9-10,12,15,29H,1,6-7,11H2,2-4H3,(H2,24,25,26,27)/b16-10+,19-13-/t15-/m0/s1. The lowest BCUT2D eigenvalue weighted by Crippen LogP contribution is -2.32. The molecule has 176 valence electrons. The first-order valence-corrected chi connectivity index (χ1v) is 11.7. The molecule has 0 amide bonds. The molecule has 0 saturated heterocycles. The molecule has 0 fully saturated rings. The van der Waals surface area contributed by atoms with Gasteiger partial charge >= 0.3 is 5.97 Å². The number of thiazole rings is 1. The van der Waals surface area contributed by atoms with Crippen molar-refractivity contribution in [1.29, 1.82) is 5.26 Å². The van der Waals surface area contributed by atoms with E-state index in [2.05, 4.69) is 43.1 Å². The minimum absolute atomic E-state index is 0.0441. The van der Waals surface area contributed by atoms with E-state index in [0.717, 1.165) is 11.3 Å². The van der Waals surface area contributed by atoms with Crippen LogP contribution >= 0.6 is 27.3 Å². The van der Waals surface area contributed by atoms with E-state index in [0.29, 0.717) is 10.3 Å². The van der Waals surface area contributed by atoms with Crippen LogP contribution in [0.3, 0.4) is 0 Å². The average molecular weight is 537 g/mol. The Bertz CT molecular complexity index is 1230. The molecule has 0 aliphatic heterocycles. The largest absolute Gasteiger partial charge is 0.457 e. The molecule has 0 bridgehead atoms. The number of aliphatic hydroxyl groups is 1. The second-order valence-corrected chi connectivity index (χ2v) is 8.94. The highest BCUT2D eigenvalue weighted by Gasteiger charge is 2.17. The lowest BCUT2D eigenvalue weighted by Gasteiger charge is -2.21. The van der Waals surface area contributed by atoms with Crippen molar-refractivity contribution in [2.24, 2.45) is 5.92 Å². The molecule has 0 saturated carbocycles. The predicted octanol–water partition coefficient (Wildman–Crippen LogP) is 1.16. The number of hydrogen-bond acceptors (Lipinski definition) is 10. The molecule has 2 aromatic rings. The first kappa shape index (κ1) is 26.2. The highest BCUT2D eigenvalue weighted by Crippen LogP contribution is 2.22. The summed E-state index contributed by atoms with van der Waals surface area (Å²) in [6.07, 6.45) is 4.36. The van der Waals surface area contributed by atoms with E-state index in [1.165, 1.54) is 16.8 Å². The topological polar surface area (TPSA) is 142 Å². The van der Waals surface area contributed by atoms with Gasteiger partial charge in [0.1, 0.15) is 27.7 Å². The fraction of sp³-hybridized carbons (Fsp3) is 0.381. The minimum atomic E-state index is -0.823. The van der Waals surface area contributed by atoms with Gasteiger partial charge in [-0.15, -0.1) is 11.3 Å². The zero-order chi connectivity index (χ0) is 24.5. The van der Waals surface area contributed by atoms with Crippen LogP contribution in [0.1, 0.15) is 20.8 Å². The molecule has 0 unspecified atom stereocenters. The third-order valence-electron chi connectivity index (χ3n) is 4.49. The summed E-state index contributed by atoms with van der Waals surface area (Å²) in [7, 11) is 0. The number of aromatic nitrogens is 3. The van der Waals surface area contributed by atoms with Crippen LogP contribution in [0.4, 0.5) is 11.8 Å². The zero-order valence-electron chi connectivity index (χ0n) is 18.5. The van der Waals surface area contributed by atoms with Crippen LogP contribution < -0.4 is 25.4 Å². The Kier molecular flexibility index (Phi) is 9.77. The third kappa shape index (κ3) is 6.50. The number of anilines is 2. The van der Waals surface area contributed by atoms with E-state index < -0.39 is 5.97 Å². The summed E-state index contributed by atoms with van der Waals surface area (Å²) in [6.45, 7) is 9.31. The Labute approximate surface area is 203 Å². The monoisotopic (exact) mass is 536 g/mol. The minimum Gasteiger partial charge on any atom is -0.457 e. The van der Waals surface area contributed by atoms with Crippen molar-refractivity contribution in [1.82, 2.24) is 14.5 Å². The van der Waals surface area contributed by atoms with E-state index in [9.17, 15) is 20.0 Å². The van der Waals surface area contributed by atoms with Crippen molar-refractivity contribution in [3.63, 3.8) is 0 Å². The zero-order valence-corrected chi connectivity index (χ0v) is 20.9. The van der Waals surface area contributed by atoms with Gasteiger partial charge in [0.05, 0.1) is 17.1 Å². The molecule has 2 rings (SSSR count). The summed E-state index contributed by atoms with van der Waals surface area (Å²) >= 11 is 4.36. The number of nitriles is 1. The number of esters is 1. The molecule has 2 aromatic heterocycles. The maximum atomic E-state index is 12.8. The first-order valence-electron chi connectivity index (χ1n) is 10.1. The molecule has 33 heavy (non-hydrogen) atoms. The molecule has 10 nitrogen and oxygen atoms in total. The number of halogens is 1. The van der Waals surface area contributed by atoms with Crippen LogP contribution in [0.2, 0.25) is 0 Å². The third-order valence-corrected chi connectivity index (χ3v) is 6.20. The van der Waals surface area contributed by atoms with Crippen molar-refractivity contribution in [3.8, 4) is 6.07 Å². The summed E-state index contributed by atoms with van der Waals surface area (Å²) in [6, 6.07) is 1.62. The number of aliphatic hydroxyl groups excluding tert-OH is 1. The van der Waals surface area contributed by atoms with Crippen LogP contribution in [0, 0.1) is 17.2 Å². The normalized spacial score (nSPS) is 13.3. The van der Waals surface area contributed by atoms with Gasteiger partial charge in [0.15, 0.2) is 5.57 Å². The fourth-order valence-corrected chi connectivity index (χ4v) is 4.03. The number of nitrogens with zero attached hydrogens (tertiary/aromatic N) is 4. The molecule has 0 spiro atoms. The molecular weight excluding hydrogens is 512 g/mol. The highest BCUT2D eigenvalue weighted by molar-refractivity contribution is 9.10. The fourth-order valence-electron chi connectivity index (χ4n) is 2.65. The van der Waals surface area contributed by atoms with Gasteiger partial charge in [-0.2, -0.15) is 10.2 Å². The molecule has 0 aromatic carbocycles. The predicted molar refractivity (Wildman–Crippen MR) is 131 cm³/mol. The molecule has 2 heterocycles. The van der Waals surface area contributed by atoms with E-state index in [4.69, 9.17) is 4.74 Å². The quantitative estimate of drug-likeness (QED) is 0.301. The van der Waals surface area contributed by atoms with Crippen LogP contribution in [0.25, 0.3) is 11.8 Å². The van der Waals surface area contributed by atoms with Gasteiger partial charge in [-0.3, -0.25) is 9.36 Å². The SMILES string of the molecule is C=CCOC(=O)/C(C#N)=c1\s/c(=C/Nc2ncc(Br)c(N[C@@H](CO)C(C)C)n2)c(=O)n1CC. The Morgan fingerprint density at radius 3 is 2.82 bits per heavy atom. The summed E-state index contributed by atoms with van der Waals surface area (Å²) in [5.41, 5.74) is -0.625. The van der Waals surface area contributed by atoms with Crippen molar-refractivity contribution >= 4 is 56.8 Å². The molecule has 1 atom stereocenters. The second-order valence-electron chi connectivity index (χ2n) is 7.05. The van der Waals surface area contributed by atoms with Gasteiger partial charge in [-0.25, -0.2) is 9.78 Å². The summed E-state index contributed by atoms with van der Waals surface area (Å²) in [5, 5.41) is 25.1. The molecule has 12 heteroatoms. The molecule has 0 radical (unpaired) electrons. The van der Waals surface area contributed by atoms with E-state index >= 15 is 0 Å². The van der Waals surface area contributed by atoms with Crippen LogP contribution in [0.15, 0.2) is 28.1 Å². The van der Waals surface area contributed by atoms with Gasteiger partial charge < -0.3 is 20.5 Å². The number of rotatable bonds is 10. The molecular formula is C21H25BrN6O4S. The van der Waals surface area contributed by atoms with Crippen molar-refractivity contribution in [3.05, 3.63) is 42.9 Å². The van der Waals surface area contributed by atoms with Gasteiger partial charge in [-0.1, -0.05) is 26.5 Å². The van der Waals surface area contributed by atoms with Gasteiger partial charge in [-0.05, 0) is 28.8 Å². The number of hydrogen-bond donors (Lipinski definition) is 3. The Balaban J connectivity index is 2.46. The second kappa shape index (κ2) is 12.3. The average Bonchev–Trinajstić information content (AvgIpc) is 3.11. The smallest absolute Gasteiger partial charge is 0.352 e. The number of nitrogens with one attached hydrogen (secondary N) is 2. The molecule has 3 N–H and O–H groups in total. The van der Waals surface area contributed by atoms with Gasteiger partial charge in [0, 0.05) is 18.9 Å². The van der Waals surface area contributed by atoms with Crippen molar-refractivity contribution < 1.29 is 14.6 Å². The lowest BCUT2D eigenvalue weighted by molar-refractivity contribution is -0.135. The van der Waals surface area contributed by atoms with Crippen molar-refractivity contribution in [2.75, 3.05) is 23.8 Å². The molecule has 0 aliphatic rings. The maximum absolute atomic E-state index is 12.8. The Morgan fingerprint density at radius 1 is 1.52 bits per heavy atom. The number of ether oxygens (including phenoxy) is 1. The lowest BCUT2D eigenvalue weighted by atomic mass is 10.1. The highest BCUT2D eigenvalue weighted by atomic mass is 79.9. The van der Waals surface area contributed by atoms with Gasteiger partial charge in [0.2, 0.25) is 5.95 Å². The van der Waals surface area contributed by atoms with E-state index in [-0.39, 0.29) is 58.0 Å². The first-order chi connectivity index (χ1) is 15.8. The van der Waals surface area contributed by atoms with Crippen LogP contribution in [0.5, 0.6) is 0 Å². The van der Waals surface area contributed by atoms with Crippen LogP contribution in [-0.4, -0.2) is 44.9 Å². The summed E-state index contributed by atoms with van der Waals surface area (Å²) < 4.78 is 7.36. The van der Waals surface area contributed by atoms with E-state index in [1.54, 1.807) is 13.1 Å². The van der Waals surface area contributed by atoms with Gasteiger partial charge in [0.25, 0.3) is 5.56 Å². The summed E-state index contributed by atoms with van der Waals surface area (Å²) in [5.74, 6) is 0.0431. The van der Waals surface area contributed by atoms with E-state index in [1.807, 2.05) is 19.9 Å². The van der Waals surface area contributed by atoms with Crippen LogP contribution in [-0.2, 0) is 16.1 Å². The maximum Gasteiger partial charge on any atom is 0.352 e. The van der Waals surface area contributed by atoms with Crippen molar-refractivity contribution in [2.45, 2.75) is 33.4 Å². The Hall–Kier alpha value is -3.01. The summed E-state index contributed by atoms with van der Waals surface area (Å²) in [4.78, 5) is 33.6. The number of carbonyl (C=O) groups excluding carboxylic acids is 1.